The minimum atomic E-state index is -3.13. The molecule has 2 nitrogen and oxygen atoms in total. The number of rotatable bonds is 7. The summed E-state index contributed by atoms with van der Waals surface area (Å²) in [5.41, 5.74) is -0.0453. The lowest BCUT2D eigenvalue weighted by atomic mass is 10.1. The standard InChI is InChI=1S/C12H21O2PS/c1-3-5-8-11(7-4-2)15(13,14)12-9-6-10-16-12/h6,9-11H,3-5,7-8H2,1-2H3,(H,13,14). The summed E-state index contributed by atoms with van der Waals surface area (Å²) in [7, 11) is -3.13. The highest BCUT2D eigenvalue weighted by molar-refractivity contribution is 7.72. The fourth-order valence-corrected chi connectivity index (χ4v) is 5.39. The lowest BCUT2D eigenvalue weighted by molar-refractivity contribution is 0.459. The van der Waals surface area contributed by atoms with Crippen molar-refractivity contribution in [3.05, 3.63) is 17.5 Å². The molecule has 0 aromatic carbocycles. The van der Waals surface area contributed by atoms with Gasteiger partial charge in [-0.25, -0.2) is 0 Å². The molecule has 0 amide bonds. The van der Waals surface area contributed by atoms with Gasteiger partial charge in [0.15, 0.2) is 0 Å². The van der Waals surface area contributed by atoms with Gasteiger partial charge in [0, 0.05) is 5.66 Å². The van der Waals surface area contributed by atoms with Crippen molar-refractivity contribution in [2.24, 2.45) is 0 Å². The van der Waals surface area contributed by atoms with Crippen LogP contribution in [0.15, 0.2) is 17.5 Å². The molecule has 0 saturated carbocycles. The van der Waals surface area contributed by atoms with E-state index in [1.54, 1.807) is 6.07 Å². The van der Waals surface area contributed by atoms with E-state index >= 15 is 0 Å². The Kier molecular flexibility index (Phi) is 5.74. The SMILES string of the molecule is CCCCC(CCC)P(=O)(O)c1cccs1. The summed E-state index contributed by atoms with van der Waals surface area (Å²) in [5.74, 6) is 0. The van der Waals surface area contributed by atoms with E-state index in [2.05, 4.69) is 13.8 Å². The maximum Gasteiger partial charge on any atom is 0.242 e. The molecule has 1 aromatic heterocycles. The summed E-state index contributed by atoms with van der Waals surface area (Å²) in [6.07, 6.45) is 4.83. The first-order chi connectivity index (χ1) is 7.62. The zero-order valence-electron chi connectivity index (χ0n) is 10.1. The first kappa shape index (κ1) is 14.0. The van der Waals surface area contributed by atoms with Gasteiger partial charge in [-0.15, -0.1) is 11.3 Å². The van der Waals surface area contributed by atoms with Crippen molar-refractivity contribution >= 4 is 23.3 Å². The zero-order valence-corrected chi connectivity index (χ0v) is 11.8. The van der Waals surface area contributed by atoms with Gasteiger partial charge in [0.2, 0.25) is 7.37 Å². The van der Waals surface area contributed by atoms with Crippen molar-refractivity contribution in [2.45, 2.75) is 51.6 Å². The van der Waals surface area contributed by atoms with Crippen LogP contribution in [0.4, 0.5) is 0 Å². The highest BCUT2D eigenvalue weighted by Crippen LogP contribution is 2.50. The maximum absolute atomic E-state index is 12.4. The van der Waals surface area contributed by atoms with Crippen LogP contribution in [0.1, 0.15) is 46.0 Å². The first-order valence-electron chi connectivity index (χ1n) is 5.99. The molecule has 0 radical (unpaired) electrons. The molecule has 0 bridgehead atoms. The Hall–Kier alpha value is -0.110. The predicted octanol–water partition coefficient (Wildman–Crippen LogP) is 4.00. The van der Waals surface area contributed by atoms with Crippen molar-refractivity contribution in [2.75, 3.05) is 0 Å². The van der Waals surface area contributed by atoms with Crippen molar-refractivity contribution in [1.82, 2.24) is 0 Å². The summed E-state index contributed by atoms with van der Waals surface area (Å²) < 4.78 is 13.1. The van der Waals surface area contributed by atoms with Gasteiger partial charge in [-0.1, -0.05) is 39.2 Å². The van der Waals surface area contributed by atoms with Crippen LogP contribution in [0.2, 0.25) is 0 Å². The normalized spacial score (nSPS) is 16.9. The van der Waals surface area contributed by atoms with Crippen molar-refractivity contribution in [3.8, 4) is 0 Å². The lowest BCUT2D eigenvalue weighted by Crippen LogP contribution is -2.15. The van der Waals surface area contributed by atoms with E-state index in [0.717, 1.165) is 32.1 Å². The van der Waals surface area contributed by atoms with Gasteiger partial charge < -0.3 is 4.89 Å². The van der Waals surface area contributed by atoms with E-state index in [9.17, 15) is 9.46 Å². The van der Waals surface area contributed by atoms with Crippen LogP contribution in [0.25, 0.3) is 0 Å². The Morgan fingerprint density at radius 3 is 2.62 bits per heavy atom. The Morgan fingerprint density at radius 2 is 2.12 bits per heavy atom. The van der Waals surface area contributed by atoms with Gasteiger partial charge in [0.05, 0.1) is 4.62 Å². The third-order valence-corrected chi connectivity index (χ3v) is 6.89. The molecule has 0 aliphatic heterocycles. The highest BCUT2D eigenvalue weighted by Gasteiger charge is 2.32. The fraction of sp³-hybridized carbons (Fsp3) is 0.667. The summed E-state index contributed by atoms with van der Waals surface area (Å²) in [4.78, 5) is 10.3. The van der Waals surface area contributed by atoms with Gasteiger partial charge in [0.1, 0.15) is 0 Å². The van der Waals surface area contributed by atoms with E-state index in [4.69, 9.17) is 0 Å². The van der Waals surface area contributed by atoms with Crippen LogP contribution in [-0.4, -0.2) is 10.6 Å². The predicted molar refractivity (Wildman–Crippen MR) is 72.0 cm³/mol. The molecule has 1 aromatic rings. The van der Waals surface area contributed by atoms with Crippen LogP contribution in [0, 0.1) is 0 Å². The monoisotopic (exact) mass is 260 g/mol. The van der Waals surface area contributed by atoms with Crippen molar-refractivity contribution in [1.29, 1.82) is 0 Å². The molecule has 0 fully saturated rings. The Bertz CT molecular complexity index is 335. The largest absolute Gasteiger partial charge is 0.340 e. The average molecular weight is 260 g/mol. The minimum Gasteiger partial charge on any atom is -0.340 e. The smallest absolute Gasteiger partial charge is 0.242 e. The average Bonchev–Trinajstić information content (AvgIpc) is 2.77. The van der Waals surface area contributed by atoms with Crippen LogP contribution in [0.3, 0.4) is 0 Å². The van der Waals surface area contributed by atoms with Gasteiger partial charge in [-0.3, -0.25) is 4.57 Å². The molecular formula is C12H21O2PS. The van der Waals surface area contributed by atoms with Crippen LogP contribution >= 0.6 is 18.7 Å². The van der Waals surface area contributed by atoms with Crippen molar-refractivity contribution in [3.63, 3.8) is 0 Å². The number of unbranched alkanes of at least 4 members (excludes halogenated alkanes) is 1. The van der Waals surface area contributed by atoms with Gasteiger partial charge in [-0.05, 0) is 24.3 Å². The first-order valence-corrected chi connectivity index (χ1v) is 8.60. The third kappa shape index (κ3) is 3.44. The summed E-state index contributed by atoms with van der Waals surface area (Å²) in [5, 5.41) is 1.88. The highest BCUT2D eigenvalue weighted by atomic mass is 32.1. The summed E-state index contributed by atoms with van der Waals surface area (Å²) in [6, 6.07) is 3.64. The maximum atomic E-state index is 12.4. The quantitative estimate of drug-likeness (QED) is 0.752. The van der Waals surface area contributed by atoms with Crippen LogP contribution < -0.4 is 4.62 Å². The molecular weight excluding hydrogens is 239 g/mol. The van der Waals surface area contributed by atoms with E-state index in [-0.39, 0.29) is 5.66 Å². The van der Waals surface area contributed by atoms with E-state index < -0.39 is 7.37 Å². The second kappa shape index (κ2) is 6.58. The molecule has 0 saturated heterocycles. The number of hydrogen-bond acceptors (Lipinski definition) is 2. The molecule has 1 N–H and O–H groups in total. The van der Waals surface area contributed by atoms with Gasteiger partial charge >= 0.3 is 0 Å². The lowest BCUT2D eigenvalue weighted by Gasteiger charge is -2.21. The van der Waals surface area contributed by atoms with E-state index in [1.165, 1.54) is 11.3 Å². The molecule has 0 aliphatic carbocycles. The summed E-state index contributed by atoms with van der Waals surface area (Å²) >= 11 is 1.40. The fourth-order valence-electron chi connectivity index (χ4n) is 1.90. The van der Waals surface area contributed by atoms with Gasteiger partial charge in [0.25, 0.3) is 0 Å². The van der Waals surface area contributed by atoms with Crippen molar-refractivity contribution < 1.29 is 9.46 Å². The number of thiophene rings is 1. The Morgan fingerprint density at radius 1 is 1.38 bits per heavy atom. The molecule has 1 heterocycles. The summed E-state index contributed by atoms with van der Waals surface area (Å²) in [6.45, 7) is 4.20. The van der Waals surface area contributed by atoms with Crippen LogP contribution in [-0.2, 0) is 4.57 Å². The topological polar surface area (TPSA) is 37.3 Å². The minimum absolute atomic E-state index is 0.0453. The zero-order chi connectivity index (χ0) is 12.0. The molecule has 0 aliphatic rings. The van der Waals surface area contributed by atoms with E-state index in [1.807, 2.05) is 11.4 Å². The molecule has 1 rings (SSSR count). The van der Waals surface area contributed by atoms with Gasteiger partial charge in [-0.2, -0.15) is 0 Å². The Labute approximate surface area is 102 Å². The Balaban J connectivity index is 2.79. The van der Waals surface area contributed by atoms with Crippen LogP contribution in [0.5, 0.6) is 0 Å². The molecule has 2 atom stereocenters. The molecule has 4 heteroatoms. The molecule has 92 valence electrons. The second-order valence-electron chi connectivity index (χ2n) is 4.16. The molecule has 2 unspecified atom stereocenters. The third-order valence-electron chi connectivity index (χ3n) is 2.83. The number of hydrogen-bond donors (Lipinski definition) is 1. The second-order valence-corrected chi connectivity index (χ2v) is 7.87. The molecule has 0 spiro atoms. The molecule has 16 heavy (non-hydrogen) atoms. The van der Waals surface area contributed by atoms with E-state index in [0.29, 0.717) is 4.62 Å².